The molecule has 3 heteroatoms. The van der Waals surface area contributed by atoms with Crippen LogP contribution >= 0.6 is 0 Å². The van der Waals surface area contributed by atoms with E-state index in [-0.39, 0.29) is 11.9 Å². The molecular weight excluding hydrogens is 140 g/mol. The second kappa shape index (κ2) is 3.53. The molecule has 1 aliphatic rings. The van der Waals surface area contributed by atoms with Crippen molar-refractivity contribution in [3.8, 4) is 0 Å². The molecule has 0 saturated carbocycles. The molecule has 0 saturated heterocycles. The first-order valence-electron chi connectivity index (χ1n) is 3.95. The van der Waals surface area contributed by atoms with E-state index in [1.807, 2.05) is 6.08 Å². The van der Waals surface area contributed by atoms with E-state index >= 15 is 0 Å². The van der Waals surface area contributed by atoms with Gasteiger partial charge in [0.1, 0.15) is 0 Å². The minimum Gasteiger partial charge on any atom is -0.352 e. The summed E-state index contributed by atoms with van der Waals surface area (Å²) in [5.74, 6) is 0.308. The van der Waals surface area contributed by atoms with Gasteiger partial charge in [0, 0.05) is 18.5 Å². The van der Waals surface area contributed by atoms with Crippen LogP contribution < -0.4 is 11.1 Å². The molecule has 11 heavy (non-hydrogen) atoms. The third-order valence-corrected chi connectivity index (χ3v) is 2.03. The fourth-order valence-electron chi connectivity index (χ4n) is 1.15. The molecule has 3 nitrogen and oxygen atoms in total. The number of hydrogen-bond donors (Lipinski definition) is 2. The minimum absolute atomic E-state index is 0.00967. The Bertz CT molecular complexity index is 177. The molecule has 1 aliphatic heterocycles. The van der Waals surface area contributed by atoms with Crippen LogP contribution in [0, 0.1) is 5.92 Å². The second-order valence-electron chi connectivity index (χ2n) is 2.84. The zero-order valence-electron chi connectivity index (χ0n) is 6.71. The van der Waals surface area contributed by atoms with Crippen LogP contribution in [-0.4, -0.2) is 18.5 Å². The van der Waals surface area contributed by atoms with Crippen LogP contribution in [0.1, 0.15) is 13.3 Å². The van der Waals surface area contributed by atoms with E-state index in [1.165, 1.54) is 0 Å². The number of carbonyl (C=O) groups is 1. The summed E-state index contributed by atoms with van der Waals surface area (Å²) in [6.07, 6.45) is 4.40. The van der Waals surface area contributed by atoms with E-state index in [0.29, 0.717) is 12.5 Å². The van der Waals surface area contributed by atoms with Gasteiger partial charge in [-0.1, -0.05) is 13.0 Å². The van der Waals surface area contributed by atoms with Gasteiger partial charge in [0.15, 0.2) is 0 Å². The highest BCUT2D eigenvalue weighted by Crippen LogP contribution is 2.08. The van der Waals surface area contributed by atoms with Gasteiger partial charge in [-0.3, -0.25) is 4.79 Å². The van der Waals surface area contributed by atoms with E-state index in [1.54, 1.807) is 6.08 Å². The minimum atomic E-state index is -0.00967. The fourth-order valence-corrected chi connectivity index (χ4v) is 1.15. The van der Waals surface area contributed by atoms with E-state index in [4.69, 9.17) is 5.73 Å². The highest BCUT2D eigenvalue weighted by atomic mass is 16.1. The zero-order valence-corrected chi connectivity index (χ0v) is 6.71. The van der Waals surface area contributed by atoms with Crippen LogP contribution in [0.4, 0.5) is 0 Å². The fraction of sp³-hybridized carbons (Fsp3) is 0.625. The number of nitrogens with one attached hydrogen (secondary N) is 1. The summed E-state index contributed by atoms with van der Waals surface area (Å²) in [6.45, 7) is 2.74. The van der Waals surface area contributed by atoms with E-state index < -0.39 is 0 Å². The lowest BCUT2D eigenvalue weighted by Gasteiger charge is -2.22. The molecule has 0 aromatic rings. The molecule has 1 heterocycles. The Kier molecular flexibility index (Phi) is 2.65. The molecule has 0 bridgehead atoms. The maximum atomic E-state index is 10.7. The maximum Gasteiger partial charge on any atom is 0.243 e. The Hall–Kier alpha value is -0.830. The Labute approximate surface area is 66.6 Å². The van der Waals surface area contributed by atoms with Gasteiger partial charge in [-0.2, -0.15) is 0 Å². The lowest BCUT2D eigenvalue weighted by molar-refractivity contribution is -0.117. The summed E-state index contributed by atoms with van der Waals surface area (Å²) in [4.78, 5) is 10.7. The van der Waals surface area contributed by atoms with Crippen LogP contribution in [0.5, 0.6) is 0 Å². The molecule has 2 unspecified atom stereocenters. The van der Waals surface area contributed by atoms with Crippen LogP contribution in [0.25, 0.3) is 0 Å². The predicted molar refractivity (Wildman–Crippen MR) is 43.9 cm³/mol. The van der Waals surface area contributed by atoms with Gasteiger partial charge in [0.05, 0.1) is 0 Å². The molecule has 0 aromatic carbocycles. The van der Waals surface area contributed by atoms with E-state index in [2.05, 4.69) is 12.2 Å². The summed E-state index contributed by atoms with van der Waals surface area (Å²) in [5, 5.41) is 2.74. The number of hydrogen-bond acceptors (Lipinski definition) is 2. The van der Waals surface area contributed by atoms with Crippen molar-refractivity contribution in [1.82, 2.24) is 5.32 Å². The van der Waals surface area contributed by atoms with Crippen molar-refractivity contribution >= 4 is 5.91 Å². The Morgan fingerprint density at radius 3 is 3.09 bits per heavy atom. The Balaban J connectivity index is 2.49. The van der Waals surface area contributed by atoms with Gasteiger partial charge in [-0.05, 0) is 12.5 Å². The first kappa shape index (κ1) is 8.27. The van der Waals surface area contributed by atoms with Gasteiger partial charge in [-0.15, -0.1) is 0 Å². The van der Waals surface area contributed by atoms with Gasteiger partial charge >= 0.3 is 0 Å². The van der Waals surface area contributed by atoms with Gasteiger partial charge in [0.2, 0.25) is 5.91 Å². The topological polar surface area (TPSA) is 55.1 Å². The molecule has 1 rings (SSSR count). The Morgan fingerprint density at radius 1 is 1.91 bits per heavy atom. The molecule has 0 aliphatic carbocycles. The summed E-state index contributed by atoms with van der Waals surface area (Å²) >= 11 is 0. The van der Waals surface area contributed by atoms with Crippen LogP contribution in [0.3, 0.4) is 0 Å². The summed E-state index contributed by atoms with van der Waals surface area (Å²) in [6, 6.07) is 0.173. The van der Waals surface area contributed by atoms with Gasteiger partial charge in [-0.25, -0.2) is 0 Å². The van der Waals surface area contributed by atoms with Crippen molar-refractivity contribution in [3.05, 3.63) is 12.2 Å². The van der Waals surface area contributed by atoms with Crippen molar-refractivity contribution in [3.63, 3.8) is 0 Å². The molecule has 0 fully saturated rings. The summed E-state index contributed by atoms with van der Waals surface area (Å²) in [7, 11) is 0. The van der Waals surface area contributed by atoms with Crippen molar-refractivity contribution in [2.45, 2.75) is 19.4 Å². The Morgan fingerprint density at radius 2 is 2.64 bits per heavy atom. The number of carbonyl (C=O) groups excluding carboxylic acids is 1. The standard InChI is InChI=1S/C8H14N2O/c1-2-7(9)6-3-4-8(11)10-5-6/h3-4,6-7H,2,5,9H2,1H3,(H,10,11). The average Bonchev–Trinajstić information content (AvgIpc) is 2.05. The smallest absolute Gasteiger partial charge is 0.243 e. The predicted octanol–water partition coefficient (Wildman–Crippen LogP) is 0.0259. The first-order chi connectivity index (χ1) is 5.24. The summed E-state index contributed by atoms with van der Waals surface area (Å²) in [5.41, 5.74) is 5.79. The molecule has 2 atom stereocenters. The van der Waals surface area contributed by atoms with Crippen LogP contribution in [0.15, 0.2) is 12.2 Å². The lowest BCUT2D eigenvalue weighted by Crippen LogP contribution is -2.40. The van der Waals surface area contributed by atoms with Crippen LogP contribution in [-0.2, 0) is 4.79 Å². The van der Waals surface area contributed by atoms with Gasteiger partial charge < -0.3 is 11.1 Å². The molecule has 0 radical (unpaired) electrons. The zero-order chi connectivity index (χ0) is 8.27. The van der Waals surface area contributed by atoms with Crippen molar-refractivity contribution in [1.29, 1.82) is 0 Å². The van der Waals surface area contributed by atoms with E-state index in [9.17, 15) is 4.79 Å². The molecule has 3 N–H and O–H groups in total. The molecule has 0 aromatic heterocycles. The first-order valence-corrected chi connectivity index (χ1v) is 3.95. The lowest BCUT2D eigenvalue weighted by atomic mass is 9.96. The van der Waals surface area contributed by atoms with Crippen LogP contribution in [0.2, 0.25) is 0 Å². The third kappa shape index (κ3) is 2.05. The normalized spacial score (nSPS) is 26.4. The number of nitrogens with two attached hydrogens (primary N) is 1. The van der Waals surface area contributed by atoms with E-state index in [0.717, 1.165) is 6.42 Å². The van der Waals surface area contributed by atoms with Crippen molar-refractivity contribution in [2.24, 2.45) is 11.7 Å². The summed E-state index contributed by atoms with van der Waals surface area (Å²) < 4.78 is 0. The highest BCUT2D eigenvalue weighted by Gasteiger charge is 2.16. The monoisotopic (exact) mass is 154 g/mol. The van der Waals surface area contributed by atoms with Gasteiger partial charge in [0.25, 0.3) is 0 Å². The largest absolute Gasteiger partial charge is 0.352 e. The molecule has 0 spiro atoms. The quantitative estimate of drug-likeness (QED) is 0.589. The number of rotatable bonds is 2. The highest BCUT2D eigenvalue weighted by molar-refractivity contribution is 5.88. The number of amides is 1. The van der Waals surface area contributed by atoms with Crippen molar-refractivity contribution in [2.75, 3.05) is 6.54 Å². The van der Waals surface area contributed by atoms with Crippen molar-refractivity contribution < 1.29 is 4.79 Å². The second-order valence-corrected chi connectivity index (χ2v) is 2.84. The average molecular weight is 154 g/mol. The molecule has 1 amide bonds. The SMILES string of the molecule is CCC(N)C1C=CC(=O)NC1. The molecule has 62 valence electrons. The third-order valence-electron chi connectivity index (χ3n) is 2.03. The molecular formula is C8H14N2O. The maximum absolute atomic E-state index is 10.7.